The van der Waals surface area contributed by atoms with E-state index in [9.17, 15) is 9.59 Å². The van der Waals surface area contributed by atoms with E-state index in [1.165, 1.54) is 12.1 Å². The highest BCUT2D eigenvalue weighted by Gasteiger charge is 2.23. The van der Waals surface area contributed by atoms with Crippen molar-refractivity contribution in [3.05, 3.63) is 64.1 Å². The molecule has 1 aliphatic heterocycles. The molecule has 0 fully saturated rings. The molecule has 1 aliphatic rings. The molecule has 3 rings (SSSR count). The van der Waals surface area contributed by atoms with Gasteiger partial charge in [-0.25, -0.2) is 0 Å². The normalized spacial score (nSPS) is 15.6. The molecule has 88 valence electrons. The van der Waals surface area contributed by atoms with Crippen molar-refractivity contribution in [2.75, 3.05) is 5.32 Å². The second-order valence-electron chi connectivity index (χ2n) is 4.04. The lowest BCUT2D eigenvalue weighted by Crippen LogP contribution is -2.04. The molecule has 0 bridgehead atoms. The first kappa shape index (κ1) is 10.5. The van der Waals surface area contributed by atoms with E-state index in [4.69, 9.17) is 0 Å². The van der Waals surface area contributed by atoms with Crippen LogP contribution in [0.3, 0.4) is 0 Å². The van der Waals surface area contributed by atoms with Crippen LogP contribution in [0.5, 0.6) is 0 Å². The Labute approximate surface area is 103 Å². The predicted octanol–water partition coefficient (Wildman–Crippen LogP) is 1.87. The fourth-order valence-electron chi connectivity index (χ4n) is 1.98. The number of carbonyl (C=O) groups is 1. The number of hydrogen-bond donors (Lipinski definition) is 2. The van der Waals surface area contributed by atoms with Crippen molar-refractivity contribution in [3.63, 3.8) is 0 Å². The lowest BCUT2D eigenvalue weighted by Gasteiger charge is -1.97. The lowest BCUT2D eigenvalue weighted by molar-refractivity contribution is -0.110. The molecule has 4 heteroatoms. The number of amides is 1. The van der Waals surface area contributed by atoms with E-state index in [-0.39, 0.29) is 11.3 Å². The number of anilines is 1. The molecular formula is C14H10N2O2. The lowest BCUT2D eigenvalue weighted by atomic mass is 10.1. The minimum absolute atomic E-state index is 0.0905. The van der Waals surface area contributed by atoms with Crippen LogP contribution in [0.15, 0.2) is 47.4 Å². The molecule has 0 unspecified atom stereocenters. The smallest absolute Gasteiger partial charge is 0.256 e. The Hall–Kier alpha value is -2.62. The van der Waals surface area contributed by atoms with Gasteiger partial charge in [0, 0.05) is 35.3 Å². The Morgan fingerprint density at radius 3 is 2.72 bits per heavy atom. The Bertz CT molecular complexity index is 713. The van der Waals surface area contributed by atoms with Crippen LogP contribution in [-0.4, -0.2) is 10.9 Å². The summed E-state index contributed by atoms with van der Waals surface area (Å²) in [5.74, 6) is -0.152. The summed E-state index contributed by atoms with van der Waals surface area (Å²) in [5, 5.41) is 2.78. The van der Waals surface area contributed by atoms with Crippen molar-refractivity contribution in [2.45, 2.75) is 0 Å². The minimum Gasteiger partial charge on any atom is -0.361 e. The van der Waals surface area contributed by atoms with Gasteiger partial charge < -0.3 is 10.3 Å². The van der Waals surface area contributed by atoms with Gasteiger partial charge in [0.1, 0.15) is 0 Å². The monoisotopic (exact) mass is 238 g/mol. The minimum atomic E-state index is -0.152. The molecule has 0 radical (unpaired) electrons. The molecule has 2 N–H and O–H groups in total. The summed E-state index contributed by atoms with van der Waals surface area (Å²) in [7, 11) is 0. The molecule has 2 aromatic rings. The number of carbonyl (C=O) groups excluding carboxylic acids is 1. The maximum atomic E-state index is 11.8. The van der Waals surface area contributed by atoms with Crippen molar-refractivity contribution in [1.82, 2.24) is 4.98 Å². The van der Waals surface area contributed by atoms with E-state index in [0.29, 0.717) is 11.3 Å². The van der Waals surface area contributed by atoms with E-state index in [1.54, 1.807) is 12.3 Å². The summed E-state index contributed by atoms with van der Waals surface area (Å²) in [4.78, 5) is 26.0. The zero-order valence-corrected chi connectivity index (χ0v) is 9.44. The Morgan fingerprint density at radius 2 is 1.89 bits per heavy atom. The third kappa shape index (κ3) is 1.73. The van der Waals surface area contributed by atoms with Crippen LogP contribution in [0.25, 0.3) is 11.6 Å². The summed E-state index contributed by atoms with van der Waals surface area (Å²) < 4.78 is 0. The van der Waals surface area contributed by atoms with Crippen LogP contribution >= 0.6 is 0 Å². The van der Waals surface area contributed by atoms with Gasteiger partial charge in [0.25, 0.3) is 5.91 Å². The van der Waals surface area contributed by atoms with Crippen molar-refractivity contribution >= 4 is 23.2 Å². The van der Waals surface area contributed by atoms with E-state index >= 15 is 0 Å². The predicted molar refractivity (Wildman–Crippen MR) is 70.0 cm³/mol. The average molecular weight is 238 g/mol. The van der Waals surface area contributed by atoms with Crippen LogP contribution in [0, 0.1) is 0 Å². The Balaban J connectivity index is 2.12. The van der Waals surface area contributed by atoms with Gasteiger partial charge in [-0.05, 0) is 12.1 Å². The van der Waals surface area contributed by atoms with E-state index in [0.717, 1.165) is 11.3 Å². The summed E-state index contributed by atoms with van der Waals surface area (Å²) in [6, 6.07) is 10.4. The molecule has 0 saturated heterocycles. The molecule has 0 atom stereocenters. The van der Waals surface area contributed by atoms with Gasteiger partial charge in [0.05, 0.1) is 5.57 Å². The number of nitrogens with one attached hydrogen (secondary N) is 2. The number of para-hydroxylation sites is 1. The quantitative estimate of drug-likeness (QED) is 0.745. The number of rotatable bonds is 1. The number of hydrogen-bond acceptors (Lipinski definition) is 2. The van der Waals surface area contributed by atoms with Gasteiger partial charge >= 0.3 is 0 Å². The first-order valence-electron chi connectivity index (χ1n) is 5.55. The number of pyridine rings is 1. The van der Waals surface area contributed by atoms with Crippen LogP contribution in [0.4, 0.5) is 5.69 Å². The summed E-state index contributed by atoms with van der Waals surface area (Å²) >= 11 is 0. The maximum Gasteiger partial charge on any atom is 0.256 e. The third-order valence-corrected chi connectivity index (χ3v) is 2.81. The highest BCUT2D eigenvalue weighted by molar-refractivity contribution is 6.34. The van der Waals surface area contributed by atoms with Crippen LogP contribution < -0.4 is 10.7 Å². The maximum absolute atomic E-state index is 11.8. The zero-order chi connectivity index (χ0) is 12.5. The summed E-state index contributed by atoms with van der Waals surface area (Å²) in [6.07, 6.45) is 3.25. The fourth-order valence-corrected chi connectivity index (χ4v) is 1.98. The van der Waals surface area contributed by atoms with Gasteiger partial charge in [-0.2, -0.15) is 0 Å². The number of aromatic nitrogens is 1. The first-order chi connectivity index (χ1) is 8.74. The molecule has 1 amide bonds. The molecule has 0 spiro atoms. The Morgan fingerprint density at radius 1 is 1.06 bits per heavy atom. The highest BCUT2D eigenvalue weighted by Crippen LogP contribution is 2.32. The third-order valence-electron chi connectivity index (χ3n) is 2.81. The Kier molecular flexibility index (Phi) is 2.34. The van der Waals surface area contributed by atoms with Gasteiger partial charge in [-0.1, -0.05) is 18.2 Å². The average Bonchev–Trinajstić information content (AvgIpc) is 2.66. The molecule has 4 nitrogen and oxygen atoms in total. The van der Waals surface area contributed by atoms with Crippen LogP contribution in [-0.2, 0) is 4.79 Å². The zero-order valence-electron chi connectivity index (χ0n) is 9.44. The number of benzene rings is 1. The second-order valence-corrected chi connectivity index (χ2v) is 4.04. The largest absolute Gasteiger partial charge is 0.361 e. The van der Waals surface area contributed by atoms with Crippen LogP contribution in [0.2, 0.25) is 0 Å². The van der Waals surface area contributed by atoms with E-state index in [2.05, 4.69) is 10.3 Å². The molecule has 1 aromatic heterocycles. The topological polar surface area (TPSA) is 62.0 Å². The van der Waals surface area contributed by atoms with Gasteiger partial charge in [-0.3, -0.25) is 9.59 Å². The number of fused-ring (bicyclic) bond motifs is 1. The van der Waals surface area contributed by atoms with E-state index < -0.39 is 0 Å². The van der Waals surface area contributed by atoms with Crippen molar-refractivity contribution in [1.29, 1.82) is 0 Å². The molecule has 0 aliphatic carbocycles. The van der Waals surface area contributed by atoms with Crippen molar-refractivity contribution in [3.8, 4) is 0 Å². The van der Waals surface area contributed by atoms with Crippen molar-refractivity contribution < 1.29 is 4.79 Å². The second kappa shape index (κ2) is 4.00. The van der Waals surface area contributed by atoms with Gasteiger partial charge in [0.2, 0.25) is 0 Å². The standard InChI is InChI=1S/C14H10N2O2/c17-10-5-6-15-9(7-10)8-12-11-3-1-2-4-13(11)16-14(12)18/h1-8H,(H,15,17)(H,16,18)/b12-8+. The molecule has 0 saturated carbocycles. The number of H-pyrrole nitrogens is 1. The van der Waals surface area contributed by atoms with E-state index in [1.807, 2.05) is 24.3 Å². The van der Waals surface area contributed by atoms with Crippen molar-refractivity contribution in [2.24, 2.45) is 0 Å². The molecular weight excluding hydrogens is 228 g/mol. The summed E-state index contributed by atoms with van der Waals surface area (Å²) in [5.41, 5.74) is 2.74. The number of aromatic amines is 1. The first-order valence-corrected chi connectivity index (χ1v) is 5.55. The van der Waals surface area contributed by atoms with Crippen LogP contribution in [0.1, 0.15) is 11.3 Å². The SMILES string of the molecule is O=C1Nc2ccccc2/C1=C\c1cc(=O)cc[nH]1. The molecule has 2 heterocycles. The highest BCUT2D eigenvalue weighted by atomic mass is 16.2. The molecule has 18 heavy (non-hydrogen) atoms. The van der Waals surface area contributed by atoms with Gasteiger partial charge in [-0.15, -0.1) is 0 Å². The van der Waals surface area contributed by atoms with Gasteiger partial charge in [0.15, 0.2) is 5.43 Å². The molecule has 1 aromatic carbocycles. The summed E-state index contributed by atoms with van der Waals surface area (Å²) in [6.45, 7) is 0. The fraction of sp³-hybridized carbons (Fsp3) is 0.